The Morgan fingerprint density at radius 2 is 1.94 bits per heavy atom. The van der Waals surface area contributed by atoms with E-state index in [2.05, 4.69) is 26.0 Å². The number of fused-ring (bicyclic) bond motifs is 2. The predicted molar refractivity (Wildman–Crippen MR) is 131 cm³/mol. The lowest BCUT2D eigenvalue weighted by molar-refractivity contribution is -0.402. The summed E-state index contributed by atoms with van der Waals surface area (Å²) in [4.78, 5) is 28.5. The number of furan rings is 1. The number of carbonyl (C=O) groups is 1. The Bertz CT molecular complexity index is 1550. The van der Waals surface area contributed by atoms with Gasteiger partial charge in [-0.2, -0.15) is 10.1 Å². The van der Waals surface area contributed by atoms with Crippen LogP contribution in [0.2, 0.25) is 0 Å². The van der Waals surface area contributed by atoms with Gasteiger partial charge in [-0.1, -0.05) is 63.7 Å². The van der Waals surface area contributed by atoms with Crippen molar-refractivity contribution in [2.45, 2.75) is 0 Å². The summed E-state index contributed by atoms with van der Waals surface area (Å²) < 4.78 is 6.92. The van der Waals surface area contributed by atoms with E-state index >= 15 is 0 Å². The average Bonchev–Trinajstić information content (AvgIpc) is 3.46. The zero-order valence-electron chi connectivity index (χ0n) is 16.7. The quantitative estimate of drug-likeness (QED) is 0.151. The van der Waals surface area contributed by atoms with Crippen molar-refractivity contribution in [3.05, 3.63) is 98.7 Å². The Kier molecular flexibility index (Phi) is 5.45. The third kappa shape index (κ3) is 4.13. The molecular formula is C23H13BrN4O4S. The van der Waals surface area contributed by atoms with E-state index in [0.717, 1.165) is 25.5 Å². The van der Waals surface area contributed by atoms with Crippen LogP contribution in [-0.4, -0.2) is 22.0 Å². The summed E-state index contributed by atoms with van der Waals surface area (Å²) in [6.07, 6.45) is 1.26. The van der Waals surface area contributed by atoms with Crippen LogP contribution in [0.4, 0.5) is 11.0 Å². The number of nitrogens with zero attached hydrogens (tertiary/aromatic N) is 4. The molecule has 33 heavy (non-hydrogen) atoms. The predicted octanol–water partition coefficient (Wildman–Crippen LogP) is 6.39. The maximum absolute atomic E-state index is 13.7. The lowest BCUT2D eigenvalue weighted by Crippen LogP contribution is -2.25. The lowest BCUT2D eigenvalue weighted by atomic mass is 10.0. The maximum atomic E-state index is 13.7. The van der Waals surface area contributed by atoms with Gasteiger partial charge in [0.1, 0.15) is 4.92 Å². The summed E-state index contributed by atoms with van der Waals surface area (Å²) in [7, 11) is 0. The summed E-state index contributed by atoms with van der Waals surface area (Å²) in [5, 5.41) is 18.5. The van der Waals surface area contributed by atoms with Crippen LogP contribution < -0.4 is 5.01 Å². The van der Waals surface area contributed by atoms with Gasteiger partial charge in [-0.3, -0.25) is 14.9 Å². The molecule has 0 radical (unpaired) electrons. The standard InChI is InChI=1S/C23H13BrN4O4S/c24-15-8-10-19-20(12-15)33-23(26-19)27(25-13-16-9-11-21(32-16)28(30)31)22(29)18-7-3-5-14-4-1-2-6-17(14)18/h1-13H/b25-13+. The van der Waals surface area contributed by atoms with Crippen LogP contribution in [0.1, 0.15) is 16.1 Å². The highest BCUT2D eigenvalue weighted by molar-refractivity contribution is 9.10. The van der Waals surface area contributed by atoms with Gasteiger partial charge in [0, 0.05) is 10.0 Å². The van der Waals surface area contributed by atoms with Gasteiger partial charge in [0.25, 0.3) is 5.91 Å². The summed E-state index contributed by atoms with van der Waals surface area (Å²) in [5.74, 6) is -0.656. The molecule has 0 unspecified atom stereocenters. The van der Waals surface area contributed by atoms with Crippen LogP contribution in [0.25, 0.3) is 21.0 Å². The molecule has 0 aliphatic rings. The van der Waals surface area contributed by atoms with Crippen molar-refractivity contribution in [2.75, 3.05) is 5.01 Å². The number of rotatable bonds is 5. The highest BCUT2D eigenvalue weighted by Gasteiger charge is 2.23. The first-order valence-electron chi connectivity index (χ1n) is 9.66. The summed E-state index contributed by atoms with van der Waals surface area (Å²) in [6, 6.07) is 21.3. The molecule has 0 fully saturated rings. The van der Waals surface area contributed by atoms with Gasteiger partial charge in [-0.15, -0.1) is 0 Å². The van der Waals surface area contributed by atoms with Crippen LogP contribution in [0.5, 0.6) is 0 Å². The van der Waals surface area contributed by atoms with Gasteiger partial charge in [0.2, 0.25) is 5.13 Å². The van der Waals surface area contributed by atoms with Crippen molar-refractivity contribution in [1.82, 2.24) is 4.98 Å². The zero-order chi connectivity index (χ0) is 22.9. The largest absolute Gasteiger partial charge is 0.433 e. The van der Waals surface area contributed by atoms with E-state index in [-0.39, 0.29) is 11.7 Å². The average molecular weight is 521 g/mol. The van der Waals surface area contributed by atoms with Crippen molar-refractivity contribution in [1.29, 1.82) is 0 Å². The number of nitro groups is 1. The van der Waals surface area contributed by atoms with Crippen LogP contribution in [0.3, 0.4) is 0 Å². The molecule has 0 aliphatic heterocycles. The molecule has 1 amide bonds. The second-order valence-corrected chi connectivity index (χ2v) is 8.85. The molecule has 5 aromatic rings. The molecule has 0 atom stereocenters. The van der Waals surface area contributed by atoms with E-state index in [4.69, 9.17) is 4.42 Å². The number of thiazole rings is 1. The van der Waals surface area contributed by atoms with Crippen molar-refractivity contribution in [3.63, 3.8) is 0 Å². The van der Waals surface area contributed by atoms with Gasteiger partial charge in [-0.05, 0) is 41.1 Å². The second-order valence-electron chi connectivity index (χ2n) is 6.93. The molecule has 2 aromatic heterocycles. The van der Waals surface area contributed by atoms with E-state index in [1.807, 2.05) is 54.6 Å². The fraction of sp³-hybridized carbons (Fsp3) is 0. The van der Waals surface area contributed by atoms with Crippen LogP contribution in [-0.2, 0) is 0 Å². The van der Waals surface area contributed by atoms with E-state index in [9.17, 15) is 14.9 Å². The topological polar surface area (TPSA) is 102 Å². The Morgan fingerprint density at radius 1 is 1.12 bits per heavy atom. The third-order valence-corrected chi connectivity index (χ3v) is 6.31. The van der Waals surface area contributed by atoms with Crippen LogP contribution >= 0.6 is 27.3 Å². The molecule has 3 aromatic carbocycles. The minimum absolute atomic E-state index is 0.140. The molecule has 5 rings (SSSR count). The Labute approximate surface area is 199 Å². The number of anilines is 1. The second kappa shape index (κ2) is 8.57. The number of hydrogen-bond donors (Lipinski definition) is 0. The van der Waals surface area contributed by atoms with Crippen LogP contribution in [0, 0.1) is 10.1 Å². The highest BCUT2D eigenvalue weighted by Crippen LogP contribution is 2.33. The van der Waals surface area contributed by atoms with Crippen molar-refractivity contribution >= 4 is 71.4 Å². The van der Waals surface area contributed by atoms with E-state index in [1.54, 1.807) is 6.07 Å². The highest BCUT2D eigenvalue weighted by atomic mass is 79.9. The molecule has 2 heterocycles. The van der Waals surface area contributed by atoms with Gasteiger partial charge in [-0.25, -0.2) is 4.98 Å². The SMILES string of the molecule is O=C(c1cccc2ccccc12)N(/N=C/c1ccc([N+](=O)[O-])o1)c1nc2ccc(Br)cc2s1. The third-order valence-electron chi connectivity index (χ3n) is 4.83. The van der Waals surface area contributed by atoms with Gasteiger partial charge in [0.15, 0.2) is 5.76 Å². The molecule has 0 saturated carbocycles. The Hall–Kier alpha value is -3.89. The number of hydrazone groups is 1. The number of aromatic nitrogens is 1. The Balaban J connectivity index is 1.61. The molecular weight excluding hydrogens is 508 g/mol. The van der Waals surface area contributed by atoms with Crippen molar-refractivity contribution < 1.29 is 14.1 Å². The summed E-state index contributed by atoms with van der Waals surface area (Å²) >= 11 is 4.75. The zero-order valence-corrected chi connectivity index (χ0v) is 19.1. The molecule has 10 heteroatoms. The first-order valence-corrected chi connectivity index (χ1v) is 11.3. The van der Waals surface area contributed by atoms with Crippen molar-refractivity contribution in [2.24, 2.45) is 5.10 Å². The number of carbonyl (C=O) groups excluding carboxylic acids is 1. The normalized spacial score (nSPS) is 11.4. The first-order chi connectivity index (χ1) is 16.0. The van der Waals surface area contributed by atoms with E-state index < -0.39 is 10.8 Å². The summed E-state index contributed by atoms with van der Waals surface area (Å²) in [6.45, 7) is 0. The van der Waals surface area contributed by atoms with Crippen molar-refractivity contribution in [3.8, 4) is 0 Å². The van der Waals surface area contributed by atoms with Gasteiger partial charge < -0.3 is 4.42 Å². The van der Waals surface area contributed by atoms with Gasteiger partial charge in [0.05, 0.1) is 22.5 Å². The minimum atomic E-state index is -0.637. The molecule has 0 bridgehead atoms. The molecule has 8 nitrogen and oxygen atoms in total. The fourth-order valence-corrected chi connectivity index (χ4v) is 4.79. The van der Waals surface area contributed by atoms with E-state index in [0.29, 0.717) is 10.7 Å². The number of benzene rings is 3. The first kappa shape index (κ1) is 21.0. The lowest BCUT2D eigenvalue weighted by Gasteiger charge is -2.15. The molecule has 0 saturated heterocycles. The van der Waals surface area contributed by atoms with E-state index in [1.165, 1.54) is 34.7 Å². The smallest absolute Gasteiger partial charge is 0.400 e. The fourth-order valence-electron chi connectivity index (χ4n) is 3.32. The molecule has 0 spiro atoms. The molecule has 0 N–H and O–H groups in total. The van der Waals surface area contributed by atoms with Gasteiger partial charge >= 0.3 is 5.88 Å². The van der Waals surface area contributed by atoms with Crippen LogP contribution in [0.15, 0.2) is 86.8 Å². The number of hydrogen-bond acceptors (Lipinski definition) is 7. The summed E-state index contributed by atoms with van der Waals surface area (Å²) in [5.41, 5.74) is 1.17. The number of amides is 1. The minimum Gasteiger partial charge on any atom is -0.400 e. The monoisotopic (exact) mass is 520 g/mol. The number of halogens is 1. The maximum Gasteiger partial charge on any atom is 0.433 e. The molecule has 0 aliphatic carbocycles. The molecule has 162 valence electrons. The Morgan fingerprint density at radius 3 is 2.76 bits per heavy atom.